The molecule has 2 heterocycles. The van der Waals surface area contributed by atoms with E-state index >= 15 is 0 Å². The highest BCUT2D eigenvalue weighted by atomic mass is 16.2. The summed E-state index contributed by atoms with van der Waals surface area (Å²) in [5, 5.41) is 5.44. The molecule has 0 fully saturated rings. The number of carbonyl (C=O) groups is 2. The summed E-state index contributed by atoms with van der Waals surface area (Å²) in [6.07, 6.45) is 8.64. The zero-order valence-corrected chi connectivity index (χ0v) is 15.0. The normalized spacial score (nSPS) is 10.6. The molecule has 2 amide bonds. The monoisotopic (exact) mass is 373 g/mol. The smallest absolute Gasteiger partial charge is 0.274 e. The lowest BCUT2D eigenvalue weighted by molar-refractivity contribution is -0.115. The van der Waals surface area contributed by atoms with E-state index < -0.39 is 0 Å². The lowest BCUT2D eigenvalue weighted by Gasteiger charge is -2.08. The molecule has 0 atom stereocenters. The van der Waals surface area contributed by atoms with Gasteiger partial charge in [-0.3, -0.25) is 14.6 Å². The number of anilines is 3. The van der Waals surface area contributed by atoms with Gasteiger partial charge in [0.15, 0.2) is 0 Å². The Morgan fingerprint density at radius 1 is 1.00 bits per heavy atom. The van der Waals surface area contributed by atoms with Crippen LogP contribution in [0.1, 0.15) is 22.5 Å². The third-order valence-corrected chi connectivity index (χ3v) is 3.79. The molecule has 0 spiro atoms. The molecular weight excluding hydrogens is 354 g/mol. The molecule has 7 nitrogen and oxygen atoms in total. The van der Waals surface area contributed by atoms with E-state index in [-0.39, 0.29) is 23.9 Å². The largest absolute Gasteiger partial charge is 0.397 e. The van der Waals surface area contributed by atoms with Crippen LogP contribution < -0.4 is 16.4 Å². The zero-order chi connectivity index (χ0) is 19.8. The molecule has 2 aromatic heterocycles. The molecule has 1 aromatic carbocycles. The van der Waals surface area contributed by atoms with Crippen LogP contribution >= 0.6 is 0 Å². The van der Waals surface area contributed by atoms with E-state index in [1.807, 2.05) is 18.2 Å². The number of rotatable bonds is 6. The van der Waals surface area contributed by atoms with E-state index in [1.54, 1.807) is 48.8 Å². The summed E-state index contributed by atoms with van der Waals surface area (Å²) in [6, 6.07) is 13.9. The molecule has 7 heteroatoms. The van der Waals surface area contributed by atoms with E-state index in [4.69, 9.17) is 5.73 Å². The minimum Gasteiger partial charge on any atom is -0.397 e. The van der Waals surface area contributed by atoms with E-state index in [0.717, 1.165) is 5.56 Å². The lowest BCUT2D eigenvalue weighted by atomic mass is 10.2. The molecule has 0 saturated heterocycles. The van der Waals surface area contributed by atoms with Gasteiger partial charge in [-0.1, -0.05) is 30.4 Å². The first-order valence-corrected chi connectivity index (χ1v) is 8.60. The predicted octanol–water partition coefficient (Wildman–Crippen LogP) is 3.35. The highest BCUT2D eigenvalue weighted by molar-refractivity contribution is 6.04. The topological polar surface area (TPSA) is 110 Å². The number of pyridine rings is 2. The number of hydrogen-bond donors (Lipinski definition) is 3. The van der Waals surface area contributed by atoms with Crippen LogP contribution in [0.2, 0.25) is 0 Å². The fraction of sp³-hybridized carbons (Fsp3) is 0.0476. The Kier molecular flexibility index (Phi) is 6.10. The van der Waals surface area contributed by atoms with Gasteiger partial charge in [0.1, 0.15) is 5.69 Å². The van der Waals surface area contributed by atoms with Crippen LogP contribution in [0.15, 0.2) is 73.2 Å². The maximum Gasteiger partial charge on any atom is 0.274 e. The summed E-state index contributed by atoms with van der Waals surface area (Å²) in [5.41, 5.74) is 8.46. The van der Waals surface area contributed by atoms with Gasteiger partial charge in [-0.05, 0) is 35.9 Å². The van der Waals surface area contributed by atoms with Gasteiger partial charge < -0.3 is 16.4 Å². The summed E-state index contributed by atoms with van der Waals surface area (Å²) in [5.74, 6) is -0.564. The average Bonchev–Trinajstić information content (AvgIpc) is 2.71. The van der Waals surface area contributed by atoms with Crippen LogP contribution in [-0.2, 0) is 4.79 Å². The van der Waals surface area contributed by atoms with Crippen LogP contribution in [0.5, 0.6) is 0 Å². The zero-order valence-electron chi connectivity index (χ0n) is 15.0. The quantitative estimate of drug-likeness (QED) is 0.574. The number of nitrogens with zero attached hydrogens (tertiary/aromatic N) is 2. The van der Waals surface area contributed by atoms with Crippen LogP contribution in [0.3, 0.4) is 0 Å². The van der Waals surface area contributed by atoms with Crippen LogP contribution in [0, 0.1) is 0 Å². The van der Waals surface area contributed by atoms with E-state index in [2.05, 4.69) is 20.6 Å². The van der Waals surface area contributed by atoms with Crippen molar-refractivity contribution in [3.8, 4) is 0 Å². The average molecular weight is 373 g/mol. The number of carbonyl (C=O) groups excluding carboxylic acids is 2. The number of nitrogens with two attached hydrogens (primary N) is 1. The molecule has 0 radical (unpaired) electrons. The third kappa shape index (κ3) is 5.25. The van der Waals surface area contributed by atoms with Crippen LogP contribution in [-0.4, -0.2) is 21.8 Å². The predicted molar refractivity (Wildman–Crippen MR) is 110 cm³/mol. The number of hydrogen-bond acceptors (Lipinski definition) is 5. The first-order valence-electron chi connectivity index (χ1n) is 8.60. The van der Waals surface area contributed by atoms with Crippen molar-refractivity contribution in [3.05, 3.63) is 84.5 Å². The number of para-hydroxylation sites is 2. The molecule has 3 rings (SSSR count). The summed E-state index contributed by atoms with van der Waals surface area (Å²) in [4.78, 5) is 32.3. The van der Waals surface area contributed by atoms with E-state index in [1.165, 1.54) is 12.3 Å². The Labute approximate surface area is 162 Å². The van der Waals surface area contributed by atoms with Crippen molar-refractivity contribution in [3.63, 3.8) is 0 Å². The second kappa shape index (κ2) is 9.09. The first kappa shape index (κ1) is 18.8. The Morgan fingerprint density at radius 2 is 1.86 bits per heavy atom. The number of nitrogens with one attached hydrogen (secondary N) is 2. The number of nitrogen functional groups attached to an aromatic ring is 1. The summed E-state index contributed by atoms with van der Waals surface area (Å²) in [7, 11) is 0. The Bertz CT molecular complexity index is 985. The highest BCUT2D eigenvalue weighted by Crippen LogP contribution is 2.17. The molecular formula is C21H19N5O2. The fourth-order valence-electron chi connectivity index (χ4n) is 2.39. The number of amides is 2. The van der Waals surface area contributed by atoms with Crippen molar-refractivity contribution in [2.45, 2.75) is 6.42 Å². The van der Waals surface area contributed by atoms with Gasteiger partial charge in [0.05, 0.1) is 23.3 Å². The molecule has 4 N–H and O–H groups in total. The van der Waals surface area contributed by atoms with Crippen molar-refractivity contribution < 1.29 is 9.59 Å². The van der Waals surface area contributed by atoms with Crippen molar-refractivity contribution in [2.24, 2.45) is 0 Å². The molecule has 28 heavy (non-hydrogen) atoms. The lowest BCUT2D eigenvalue weighted by Crippen LogP contribution is -2.15. The molecule has 0 aliphatic rings. The standard InChI is InChI=1S/C21H19N5O2/c22-17-7-1-2-8-18(17)26-21(28)19-11-10-16(14-24-19)25-20(27)9-3-5-15-6-4-12-23-13-15/h1-8,10-14H,9,22H2,(H,25,27)(H,26,28)/b5-3+. The van der Waals surface area contributed by atoms with Crippen molar-refractivity contribution in [2.75, 3.05) is 16.4 Å². The minimum absolute atomic E-state index is 0.184. The third-order valence-electron chi connectivity index (χ3n) is 3.79. The molecule has 0 unspecified atom stereocenters. The first-order chi connectivity index (χ1) is 13.6. The molecule has 0 saturated carbocycles. The molecule has 3 aromatic rings. The van der Waals surface area contributed by atoms with Crippen LogP contribution in [0.25, 0.3) is 6.08 Å². The summed E-state index contributed by atoms with van der Waals surface area (Å²) >= 11 is 0. The molecule has 0 aliphatic carbocycles. The molecule has 0 bridgehead atoms. The summed E-state index contributed by atoms with van der Waals surface area (Å²) in [6.45, 7) is 0. The maximum atomic E-state index is 12.2. The van der Waals surface area contributed by atoms with Gasteiger partial charge in [-0.15, -0.1) is 0 Å². The van der Waals surface area contributed by atoms with Gasteiger partial charge in [0.2, 0.25) is 5.91 Å². The van der Waals surface area contributed by atoms with E-state index in [9.17, 15) is 9.59 Å². The van der Waals surface area contributed by atoms with Crippen molar-refractivity contribution in [1.82, 2.24) is 9.97 Å². The molecule has 140 valence electrons. The Balaban J connectivity index is 1.53. The Hall–Kier alpha value is -4.00. The Morgan fingerprint density at radius 3 is 2.57 bits per heavy atom. The van der Waals surface area contributed by atoms with Crippen LogP contribution in [0.4, 0.5) is 17.1 Å². The maximum absolute atomic E-state index is 12.2. The van der Waals surface area contributed by atoms with Crippen molar-refractivity contribution in [1.29, 1.82) is 0 Å². The molecule has 0 aliphatic heterocycles. The van der Waals surface area contributed by atoms with Gasteiger partial charge in [0, 0.05) is 18.8 Å². The SMILES string of the molecule is Nc1ccccc1NC(=O)c1ccc(NC(=O)C/C=C/c2cccnc2)cn1. The second-order valence-electron chi connectivity index (χ2n) is 5.91. The van der Waals surface area contributed by atoms with Crippen molar-refractivity contribution >= 4 is 35.0 Å². The minimum atomic E-state index is -0.379. The van der Waals surface area contributed by atoms with Gasteiger partial charge in [-0.2, -0.15) is 0 Å². The van der Waals surface area contributed by atoms with Gasteiger partial charge in [-0.25, -0.2) is 4.98 Å². The van der Waals surface area contributed by atoms with E-state index in [0.29, 0.717) is 17.1 Å². The van der Waals surface area contributed by atoms with Gasteiger partial charge in [0.25, 0.3) is 5.91 Å². The number of aromatic nitrogens is 2. The number of benzene rings is 1. The fourth-order valence-corrected chi connectivity index (χ4v) is 2.39. The summed E-state index contributed by atoms with van der Waals surface area (Å²) < 4.78 is 0. The highest BCUT2D eigenvalue weighted by Gasteiger charge is 2.09. The van der Waals surface area contributed by atoms with Gasteiger partial charge >= 0.3 is 0 Å². The second-order valence-corrected chi connectivity index (χ2v) is 5.91.